The van der Waals surface area contributed by atoms with Crippen molar-refractivity contribution in [3.8, 4) is 5.69 Å². The molecule has 4 rings (SSSR count). The second kappa shape index (κ2) is 7.45. The molecule has 29 heavy (non-hydrogen) atoms. The lowest BCUT2D eigenvalue weighted by atomic mass is 9.75. The molecule has 152 valence electrons. The van der Waals surface area contributed by atoms with Crippen molar-refractivity contribution >= 4 is 23.3 Å². The van der Waals surface area contributed by atoms with Gasteiger partial charge < -0.3 is 4.90 Å². The summed E-state index contributed by atoms with van der Waals surface area (Å²) in [7, 11) is 0. The topological polar surface area (TPSA) is 59.4 Å². The van der Waals surface area contributed by atoms with Gasteiger partial charge in [-0.25, -0.2) is 0 Å². The predicted molar refractivity (Wildman–Crippen MR) is 113 cm³/mol. The van der Waals surface area contributed by atoms with Gasteiger partial charge in [-0.05, 0) is 61.4 Å². The van der Waals surface area contributed by atoms with E-state index in [0.717, 1.165) is 19.3 Å². The van der Waals surface area contributed by atoms with Crippen LogP contribution in [0.1, 0.15) is 65.9 Å². The number of piperidine rings is 1. The molecule has 1 amide bonds. The molecule has 1 aliphatic heterocycles. The number of amides is 1. The van der Waals surface area contributed by atoms with E-state index in [1.165, 1.54) is 0 Å². The minimum atomic E-state index is -0.368. The summed E-state index contributed by atoms with van der Waals surface area (Å²) in [5.41, 5.74) is 1.24. The van der Waals surface area contributed by atoms with Gasteiger partial charge in [-0.2, -0.15) is 0 Å². The second-order valence-electron chi connectivity index (χ2n) is 8.83. The minimum Gasteiger partial charge on any atom is -0.338 e. The number of rotatable bonds is 2. The number of carbonyl (C=O) groups excluding carboxylic acids is 2. The van der Waals surface area contributed by atoms with Crippen molar-refractivity contribution < 1.29 is 9.59 Å². The number of Topliss-reactive ketones (excluding diaryl/α,β-unsaturated/α-hetero) is 1. The zero-order valence-corrected chi connectivity index (χ0v) is 17.6. The fourth-order valence-corrected chi connectivity index (χ4v) is 4.52. The third kappa shape index (κ3) is 3.76. The Hall–Kier alpha value is -2.40. The Kier molecular flexibility index (Phi) is 5.11. The van der Waals surface area contributed by atoms with Crippen molar-refractivity contribution in [2.75, 3.05) is 13.1 Å². The fourth-order valence-electron chi connectivity index (χ4n) is 4.40. The Balaban J connectivity index is 1.93. The molecule has 0 atom stereocenters. The van der Waals surface area contributed by atoms with Crippen LogP contribution in [0, 0.1) is 5.41 Å². The first-order valence-corrected chi connectivity index (χ1v) is 10.5. The SMILES string of the molecule is CC1(C)CC(=O)c2cc(C(=O)N3CCCCC3)c(=O)n(-c3ccc(Cl)cc3)c2C1. The van der Waals surface area contributed by atoms with Crippen molar-refractivity contribution in [1.29, 1.82) is 0 Å². The first-order valence-electron chi connectivity index (χ1n) is 10.1. The Morgan fingerprint density at radius 1 is 1.00 bits per heavy atom. The number of ketones is 1. The summed E-state index contributed by atoms with van der Waals surface area (Å²) >= 11 is 6.03. The molecule has 0 saturated carbocycles. The Labute approximate surface area is 175 Å². The van der Waals surface area contributed by atoms with Crippen LogP contribution < -0.4 is 5.56 Å². The van der Waals surface area contributed by atoms with Crippen molar-refractivity contribution in [1.82, 2.24) is 9.47 Å². The van der Waals surface area contributed by atoms with Crippen LogP contribution in [0.4, 0.5) is 0 Å². The molecule has 2 heterocycles. The zero-order valence-electron chi connectivity index (χ0n) is 16.8. The van der Waals surface area contributed by atoms with Gasteiger partial charge in [0.25, 0.3) is 11.5 Å². The molecule has 0 spiro atoms. The molecule has 0 radical (unpaired) electrons. The van der Waals surface area contributed by atoms with Gasteiger partial charge in [0.15, 0.2) is 5.78 Å². The first kappa shape index (κ1) is 19.9. The molecule has 1 aromatic carbocycles. The van der Waals surface area contributed by atoms with Crippen LogP contribution in [0.15, 0.2) is 35.1 Å². The molecule has 6 heteroatoms. The lowest BCUT2D eigenvalue weighted by molar-refractivity contribution is 0.0722. The van der Waals surface area contributed by atoms with Gasteiger partial charge in [0.1, 0.15) is 5.56 Å². The maximum Gasteiger partial charge on any atom is 0.268 e. The van der Waals surface area contributed by atoms with Gasteiger partial charge in [-0.15, -0.1) is 0 Å². The average Bonchev–Trinajstić information content (AvgIpc) is 2.68. The van der Waals surface area contributed by atoms with E-state index < -0.39 is 0 Å². The highest BCUT2D eigenvalue weighted by Crippen LogP contribution is 2.35. The van der Waals surface area contributed by atoms with Crippen molar-refractivity contribution in [3.05, 3.63) is 62.5 Å². The minimum absolute atomic E-state index is 0.0216. The van der Waals surface area contributed by atoms with Crippen LogP contribution in [0.3, 0.4) is 0 Å². The highest BCUT2D eigenvalue weighted by atomic mass is 35.5. The predicted octanol–water partition coefficient (Wildman–Crippen LogP) is 4.27. The van der Waals surface area contributed by atoms with Gasteiger partial charge in [0, 0.05) is 41.5 Å². The Morgan fingerprint density at radius 3 is 2.31 bits per heavy atom. The lowest BCUT2D eigenvalue weighted by Gasteiger charge is -2.33. The van der Waals surface area contributed by atoms with Crippen molar-refractivity contribution in [3.63, 3.8) is 0 Å². The lowest BCUT2D eigenvalue weighted by Crippen LogP contribution is -2.42. The molecule has 1 aliphatic carbocycles. The molecule has 5 nitrogen and oxygen atoms in total. The third-order valence-electron chi connectivity index (χ3n) is 5.85. The van der Waals surface area contributed by atoms with Crippen LogP contribution >= 0.6 is 11.6 Å². The summed E-state index contributed by atoms with van der Waals surface area (Å²) in [6, 6.07) is 8.48. The average molecular weight is 413 g/mol. The summed E-state index contributed by atoms with van der Waals surface area (Å²) in [5, 5.41) is 0.563. The van der Waals surface area contributed by atoms with Crippen LogP contribution in [-0.4, -0.2) is 34.2 Å². The summed E-state index contributed by atoms with van der Waals surface area (Å²) in [6.07, 6.45) is 3.96. The van der Waals surface area contributed by atoms with Gasteiger partial charge in [0.05, 0.1) is 0 Å². The van der Waals surface area contributed by atoms with E-state index >= 15 is 0 Å². The van der Waals surface area contributed by atoms with E-state index in [2.05, 4.69) is 0 Å². The number of hydrogen-bond donors (Lipinski definition) is 0. The molecule has 1 saturated heterocycles. The van der Waals surface area contributed by atoms with Gasteiger partial charge in [-0.1, -0.05) is 25.4 Å². The smallest absolute Gasteiger partial charge is 0.268 e. The van der Waals surface area contributed by atoms with Crippen molar-refractivity contribution in [2.24, 2.45) is 5.41 Å². The van der Waals surface area contributed by atoms with Gasteiger partial charge in [-0.3, -0.25) is 19.0 Å². The highest BCUT2D eigenvalue weighted by Gasteiger charge is 2.35. The van der Waals surface area contributed by atoms with E-state index in [1.807, 2.05) is 13.8 Å². The quantitative estimate of drug-likeness (QED) is 0.739. The maximum atomic E-state index is 13.5. The second-order valence-corrected chi connectivity index (χ2v) is 9.27. The number of halogens is 1. The molecule has 0 bridgehead atoms. The van der Waals surface area contributed by atoms with E-state index in [9.17, 15) is 14.4 Å². The zero-order chi connectivity index (χ0) is 20.8. The number of hydrogen-bond acceptors (Lipinski definition) is 3. The molecular weight excluding hydrogens is 388 g/mol. The first-order chi connectivity index (χ1) is 13.8. The Bertz CT molecular complexity index is 1030. The molecule has 2 aromatic rings. The standard InChI is InChI=1S/C23H25ClN2O3/c1-23(2)13-19-17(20(27)14-23)12-18(21(28)25-10-4-3-5-11-25)22(29)26(19)16-8-6-15(24)7-9-16/h6-9,12H,3-5,10-11,13-14H2,1-2H3. The van der Waals surface area contributed by atoms with E-state index in [-0.39, 0.29) is 28.2 Å². The van der Waals surface area contributed by atoms with E-state index in [4.69, 9.17) is 11.6 Å². The fraction of sp³-hybridized carbons (Fsp3) is 0.435. The maximum absolute atomic E-state index is 13.5. The van der Waals surface area contributed by atoms with Crippen LogP contribution in [-0.2, 0) is 6.42 Å². The van der Waals surface area contributed by atoms with Crippen LogP contribution in [0.25, 0.3) is 5.69 Å². The molecule has 2 aliphatic rings. The number of fused-ring (bicyclic) bond motifs is 1. The number of pyridine rings is 1. The summed E-state index contributed by atoms with van der Waals surface area (Å²) in [5.74, 6) is -0.301. The molecular formula is C23H25ClN2O3. The Morgan fingerprint density at radius 2 is 1.66 bits per heavy atom. The van der Waals surface area contributed by atoms with E-state index in [0.29, 0.717) is 47.9 Å². The van der Waals surface area contributed by atoms with Crippen LogP contribution in [0.2, 0.25) is 5.02 Å². The largest absolute Gasteiger partial charge is 0.338 e. The molecule has 1 fully saturated rings. The summed E-state index contributed by atoms with van der Waals surface area (Å²) in [6.45, 7) is 5.35. The van der Waals surface area contributed by atoms with Crippen LogP contribution in [0.5, 0.6) is 0 Å². The monoisotopic (exact) mass is 412 g/mol. The molecule has 0 N–H and O–H groups in total. The number of carbonyl (C=O) groups is 2. The number of benzene rings is 1. The summed E-state index contributed by atoms with van der Waals surface area (Å²) in [4.78, 5) is 41.3. The summed E-state index contributed by atoms with van der Waals surface area (Å²) < 4.78 is 1.54. The molecule has 1 aromatic heterocycles. The number of nitrogens with zero attached hydrogens (tertiary/aromatic N) is 2. The molecule has 0 unspecified atom stereocenters. The normalized spacial score (nSPS) is 18.4. The van der Waals surface area contributed by atoms with Crippen molar-refractivity contribution in [2.45, 2.75) is 46.0 Å². The van der Waals surface area contributed by atoms with Gasteiger partial charge >= 0.3 is 0 Å². The number of aromatic nitrogens is 1. The van der Waals surface area contributed by atoms with E-state index in [1.54, 1.807) is 39.8 Å². The van der Waals surface area contributed by atoms with Gasteiger partial charge in [0.2, 0.25) is 0 Å². The number of likely N-dealkylation sites (tertiary alicyclic amines) is 1. The highest BCUT2D eigenvalue weighted by molar-refractivity contribution is 6.30. The third-order valence-corrected chi connectivity index (χ3v) is 6.10.